The molecule has 7 nitrogen and oxygen atoms in total. The van der Waals surface area contributed by atoms with Crippen molar-refractivity contribution in [2.75, 3.05) is 44.2 Å². The highest BCUT2D eigenvalue weighted by Crippen LogP contribution is 2.26. The lowest BCUT2D eigenvalue weighted by molar-refractivity contribution is -0.137. The van der Waals surface area contributed by atoms with Gasteiger partial charge < -0.3 is 9.80 Å². The van der Waals surface area contributed by atoms with E-state index in [-0.39, 0.29) is 11.8 Å². The number of hydrogen-bond acceptors (Lipinski definition) is 5. The van der Waals surface area contributed by atoms with Crippen molar-refractivity contribution in [2.24, 2.45) is 5.92 Å². The molecule has 0 radical (unpaired) electrons. The van der Waals surface area contributed by atoms with Gasteiger partial charge in [0, 0.05) is 51.5 Å². The topological polar surface area (TPSA) is 57.0 Å². The Morgan fingerprint density at radius 2 is 1.96 bits per heavy atom. The van der Waals surface area contributed by atoms with Crippen molar-refractivity contribution in [3.05, 3.63) is 23.4 Å². The summed E-state index contributed by atoms with van der Waals surface area (Å²) in [5.74, 6) is 1.08. The van der Waals surface area contributed by atoms with Gasteiger partial charge in [0.25, 0.3) is 0 Å². The quantitative estimate of drug-likeness (QED) is 0.803. The van der Waals surface area contributed by atoms with Crippen LogP contribution in [-0.2, 0) is 4.79 Å². The second-order valence-electron chi connectivity index (χ2n) is 7.79. The minimum atomic E-state index is 0.0240. The maximum Gasteiger partial charge on any atom is 0.231 e. The van der Waals surface area contributed by atoms with Gasteiger partial charge >= 0.3 is 0 Å². The predicted octanol–water partition coefficient (Wildman–Crippen LogP) is 2.15. The molecule has 0 saturated carbocycles. The molecule has 4 heterocycles. The van der Waals surface area contributed by atoms with E-state index >= 15 is 0 Å². The van der Waals surface area contributed by atoms with Crippen LogP contribution in [0.5, 0.6) is 0 Å². The fourth-order valence-electron chi connectivity index (χ4n) is 4.16. The van der Waals surface area contributed by atoms with Gasteiger partial charge in [-0.05, 0) is 38.8 Å². The predicted molar refractivity (Wildman–Crippen MR) is 106 cm³/mol. The summed E-state index contributed by atoms with van der Waals surface area (Å²) in [5.41, 5.74) is 0.660. The Balaban J connectivity index is 1.45. The first-order valence-electron chi connectivity index (χ1n) is 9.81. The van der Waals surface area contributed by atoms with E-state index in [2.05, 4.69) is 33.8 Å². The van der Waals surface area contributed by atoms with E-state index in [1.807, 2.05) is 27.6 Å². The fraction of sp³-hybridized carbons (Fsp3) is 0.632. The first-order chi connectivity index (χ1) is 13.0. The fourth-order valence-corrected chi connectivity index (χ4v) is 4.37. The van der Waals surface area contributed by atoms with E-state index < -0.39 is 0 Å². The molecule has 1 amide bonds. The maximum atomic E-state index is 13.1. The molecule has 4 rings (SSSR count). The largest absolute Gasteiger partial charge is 0.340 e. The van der Waals surface area contributed by atoms with E-state index in [9.17, 15) is 4.79 Å². The number of hydrogen-bond donors (Lipinski definition) is 0. The van der Waals surface area contributed by atoms with Crippen molar-refractivity contribution >= 4 is 29.1 Å². The third-order valence-electron chi connectivity index (χ3n) is 5.78. The van der Waals surface area contributed by atoms with E-state index in [0.717, 1.165) is 51.5 Å². The number of carbonyl (C=O) groups excluding carboxylic acids is 1. The van der Waals surface area contributed by atoms with Crippen LogP contribution in [0.4, 0.5) is 5.95 Å². The van der Waals surface area contributed by atoms with Crippen LogP contribution in [-0.4, -0.2) is 75.6 Å². The number of anilines is 1. The number of amides is 1. The van der Waals surface area contributed by atoms with Crippen molar-refractivity contribution in [1.82, 2.24) is 24.4 Å². The standard InChI is InChI=1S/C19H27ClN6O/c1-14(2)23-9-11-24(12-10-23)18(27)15-5-3-7-25(13-15)19-22-21-17-16(20)6-4-8-26(17)19/h4,6,8,14-15H,3,5,7,9-13H2,1-2H3/t15-/m1/s1. The monoisotopic (exact) mass is 390 g/mol. The summed E-state index contributed by atoms with van der Waals surface area (Å²) in [7, 11) is 0. The van der Waals surface area contributed by atoms with Gasteiger partial charge in [0.2, 0.25) is 11.9 Å². The van der Waals surface area contributed by atoms with Gasteiger partial charge in [0.1, 0.15) is 0 Å². The molecular weight excluding hydrogens is 364 g/mol. The smallest absolute Gasteiger partial charge is 0.231 e. The van der Waals surface area contributed by atoms with Gasteiger partial charge in [0.05, 0.1) is 10.9 Å². The molecule has 0 aliphatic carbocycles. The zero-order valence-electron chi connectivity index (χ0n) is 16.0. The Hall–Kier alpha value is -1.86. The number of nitrogens with zero attached hydrogens (tertiary/aromatic N) is 6. The number of fused-ring (bicyclic) bond motifs is 1. The summed E-state index contributed by atoms with van der Waals surface area (Å²) < 4.78 is 1.91. The first-order valence-corrected chi connectivity index (χ1v) is 10.2. The summed E-state index contributed by atoms with van der Waals surface area (Å²) in [6.07, 6.45) is 3.85. The number of piperazine rings is 1. The number of aromatic nitrogens is 3. The van der Waals surface area contributed by atoms with Crippen molar-refractivity contribution in [3.63, 3.8) is 0 Å². The zero-order valence-corrected chi connectivity index (χ0v) is 16.8. The van der Waals surface area contributed by atoms with Crippen LogP contribution in [0.1, 0.15) is 26.7 Å². The van der Waals surface area contributed by atoms with E-state index in [4.69, 9.17) is 11.6 Å². The molecule has 2 saturated heterocycles. The summed E-state index contributed by atoms with van der Waals surface area (Å²) in [5, 5.41) is 9.14. The van der Waals surface area contributed by atoms with Crippen LogP contribution in [0, 0.1) is 5.92 Å². The summed E-state index contributed by atoms with van der Waals surface area (Å²) in [4.78, 5) is 19.7. The van der Waals surface area contributed by atoms with Gasteiger partial charge in [-0.15, -0.1) is 10.2 Å². The Morgan fingerprint density at radius 3 is 2.70 bits per heavy atom. The third kappa shape index (κ3) is 3.62. The minimum Gasteiger partial charge on any atom is -0.340 e. The van der Waals surface area contributed by atoms with Gasteiger partial charge in [-0.1, -0.05) is 11.6 Å². The molecule has 2 aromatic heterocycles. The summed E-state index contributed by atoms with van der Waals surface area (Å²) in [6.45, 7) is 9.60. The van der Waals surface area contributed by atoms with Crippen LogP contribution in [0.15, 0.2) is 18.3 Å². The molecule has 0 spiro atoms. The Labute approximate surface area is 164 Å². The molecule has 2 aliphatic heterocycles. The van der Waals surface area contributed by atoms with Gasteiger partial charge in [-0.2, -0.15) is 0 Å². The molecule has 1 atom stereocenters. The molecule has 27 heavy (non-hydrogen) atoms. The lowest BCUT2D eigenvalue weighted by Crippen LogP contribution is -2.53. The molecule has 2 aliphatic rings. The SMILES string of the molecule is CC(C)N1CCN(C(=O)[C@@H]2CCCN(c3nnc4c(Cl)cccn34)C2)CC1. The van der Waals surface area contributed by atoms with Crippen LogP contribution in [0.3, 0.4) is 0 Å². The van der Waals surface area contributed by atoms with Crippen molar-refractivity contribution in [1.29, 1.82) is 0 Å². The molecule has 0 aromatic carbocycles. The van der Waals surface area contributed by atoms with E-state index in [1.54, 1.807) is 0 Å². The van der Waals surface area contributed by atoms with Gasteiger partial charge in [0.15, 0.2) is 5.65 Å². The molecule has 0 N–H and O–H groups in total. The average Bonchev–Trinajstić information content (AvgIpc) is 3.13. The highest BCUT2D eigenvalue weighted by Gasteiger charge is 2.32. The zero-order chi connectivity index (χ0) is 19.0. The highest BCUT2D eigenvalue weighted by molar-refractivity contribution is 6.33. The van der Waals surface area contributed by atoms with E-state index in [0.29, 0.717) is 23.3 Å². The van der Waals surface area contributed by atoms with Crippen molar-refractivity contribution in [2.45, 2.75) is 32.7 Å². The number of carbonyl (C=O) groups is 1. The Kier molecular flexibility index (Phi) is 5.23. The maximum absolute atomic E-state index is 13.1. The molecule has 2 fully saturated rings. The number of halogens is 1. The first kappa shape index (κ1) is 18.5. The third-order valence-corrected chi connectivity index (χ3v) is 6.07. The van der Waals surface area contributed by atoms with Gasteiger partial charge in [-0.25, -0.2) is 0 Å². The summed E-state index contributed by atoms with van der Waals surface area (Å²) in [6, 6.07) is 4.25. The van der Waals surface area contributed by atoms with Gasteiger partial charge in [-0.3, -0.25) is 14.1 Å². The normalized spacial score (nSPS) is 22.0. The van der Waals surface area contributed by atoms with Crippen LogP contribution >= 0.6 is 11.6 Å². The molecule has 146 valence electrons. The molecule has 0 bridgehead atoms. The lowest BCUT2D eigenvalue weighted by atomic mass is 9.96. The van der Waals surface area contributed by atoms with Crippen molar-refractivity contribution < 1.29 is 4.79 Å². The second kappa shape index (κ2) is 7.64. The van der Waals surface area contributed by atoms with Crippen LogP contribution in [0.2, 0.25) is 5.02 Å². The number of pyridine rings is 1. The molecule has 8 heteroatoms. The number of piperidine rings is 1. The molecule has 0 unspecified atom stereocenters. The number of rotatable bonds is 3. The average molecular weight is 391 g/mol. The highest BCUT2D eigenvalue weighted by atomic mass is 35.5. The van der Waals surface area contributed by atoms with E-state index in [1.165, 1.54) is 0 Å². The minimum absolute atomic E-state index is 0.0240. The molecular formula is C19H27ClN6O. The Bertz CT molecular complexity index is 814. The Morgan fingerprint density at radius 1 is 1.19 bits per heavy atom. The summed E-state index contributed by atoms with van der Waals surface area (Å²) >= 11 is 6.22. The molecule has 2 aromatic rings. The lowest BCUT2D eigenvalue weighted by Gasteiger charge is -2.40. The van der Waals surface area contributed by atoms with Crippen molar-refractivity contribution in [3.8, 4) is 0 Å². The second-order valence-corrected chi connectivity index (χ2v) is 8.20. The van der Waals surface area contributed by atoms with Crippen LogP contribution in [0.25, 0.3) is 5.65 Å². The van der Waals surface area contributed by atoms with Crippen LogP contribution < -0.4 is 4.90 Å².